The van der Waals surface area contributed by atoms with Gasteiger partial charge in [0.05, 0.1) is 17.7 Å². The molecule has 0 aliphatic heterocycles. The van der Waals surface area contributed by atoms with E-state index in [1.807, 2.05) is 0 Å². The summed E-state index contributed by atoms with van der Waals surface area (Å²) in [4.78, 5) is 23.5. The molecule has 0 saturated carbocycles. The number of halogens is 2. The number of amides is 2. The van der Waals surface area contributed by atoms with E-state index in [-0.39, 0.29) is 21.6 Å². The highest BCUT2D eigenvalue weighted by molar-refractivity contribution is 7.92. The molecule has 11 heteroatoms. The highest BCUT2D eigenvalue weighted by Crippen LogP contribution is 2.26. The van der Waals surface area contributed by atoms with Gasteiger partial charge < -0.3 is 5.32 Å². The molecule has 0 aliphatic rings. The first-order chi connectivity index (χ1) is 14.0. The predicted molar refractivity (Wildman–Crippen MR) is 120 cm³/mol. The fraction of sp³-hybridized carbons (Fsp3) is 0.211. The van der Waals surface area contributed by atoms with Gasteiger partial charge in [-0.3, -0.25) is 13.9 Å². The lowest BCUT2D eigenvalue weighted by Gasteiger charge is -2.21. The normalized spacial score (nSPS) is 11.7. The van der Waals surface area contributed by atoms with Gasteiger partial charge >= 0.3 is 0 Å². The van der Waals surface area contributed by atoms with Crippen LogP contribution in [-0.4, -0.2) is 38.7 Å². The molecule has 2 rings (SSSR count). The van der Waals surface area contributed by atoms with E-state index in [1.54, 1.807) is 31.2 Å². The summed E-state index contributed by atoms with van der Waals surface area (Å²) in [6, 6.07) is 11.1. The second kappa shape index (κ2) is 9.92. The quantitative estimate of drug-likeness (QED) is 0.477. The number of sulfonamides is 1. The van der Waals surface area contributed by atoms with Gasteiger partial charge in [-0.1, -0.05) is 35.3 Å². The van der Waals surface area contributed by atoms with Crippen molar-refractivity contribution >= 4 is 62.1 Å². The maximum Gasteiger partial charge on any atom is 0.260 e. The van der Waals surface area contributed by atoms with E-state index >= 15 is 0 Å². The molecule has 0 aromatic heterocycles. The van der Waals surface area contributed by atoms with Crippen LogP contribution in [0, 0.1) is 0 Å². The van der Waals surface area contributed by atoms with Gasteiger partial charge in [-0.05, 0) is 42.8 Å². The Labute approximate surface area is 184 Å². The summed E-state index contributed by atoms with van der Waals surface area (Å²) in [7, 11) is -3.79. The molecule has 160 valence electrons. The minimum Gasteiger partial charge on any atom is -0.326 e. The van der Waals surface area contributed by atoms with Crippen molar-refractivity contribution in [1.29, 1.82) is 0 Å². The van der Waals surface area contributed by atoms with Gasteiger partial charge in [0.2, 0.25) is 15.9 Å². The van der Waals surface area contributed by atoms with Crippen molar-refractivity contribution in [3.8, 4) is 0 Å². The van der Waals surface area contributed by atoms with Crippen molar-refractivity contribution in [1.82, 2.24) is 5.43 Å². The van der Waals surface area contributed by atoms with Gasteiger partial charge in [0, 0.05) is 22.7 Å². The van der Waals surface area contributed by atoms with Crippen LogP contribution in [-0.2, 0) is 19.6 Å². The van der Waals surface area contributed by atoms with E-state index in [0.29, 0.717) is 17.0 Å². The summed E-state index contributed by atoms with van der Waals surface area (Å²) in [5.41, 5.74) is 4.21. The lowest BCUT2D eigenvalue weighted by molar-refractivity contribution is -0.119. The van der Waals surface area contributed by atoms with Crippen molar-refractivity contribution in [2.45, 2.75) is 13.8 Å². The Balaban J connectivity index is 2.16. The lowest BCUT2D eigenvalue weighted by atomic mass is 10.1. The topological polar surface area (TPSA) is 108 Å². The maximum atomic E-state index is 12.3. The standard InChI is InChI=1S/C19H20Cl2N4O4S/c1-12(14-5-4-6-17(7-14)22-13(2)26)23-24-19(27)11-25(30(3,28)29)18-9-15(20)8-16(21)10-18/h4-10H,11H2,1-3H3,(H,22,26)(H,24,27)/b23-12+. The van der Waals surface area contributed by atoms with Crippen LogP contribution in [0.5, 0.6) is 0 Å². The molecule has 2 amide bonds. The summed E-state index contributed by atoms with van der Waals surface area (Å²) in [6.07, 6.45) is 0.969. The van der Waals surface area contributed by atoms with Crippen molar-refractivity contribution in [2.75, 3.05) is 22.4 Å². The molecule has 8 nitrogen and oxygen atoms in total. The van der Waals surface area contributed by atoms with Crippen LogP contribution in [0.4, 0.5) is 11.4 Å². The van der Waals surface area contributed by atoms with Crippen molar-refractivity contribution in [3.05, 3.63) is 58.1 Å². The fourth-order valence-corrected chi connectivity index (χ4v) is 3.84. The molecule has 0 heterocycles. The van der Waals surface area contributed by atoms with E-state index in [2.05, 4.69) is 15.8 Å². The Hall–Kier alpha value is -2.62. The minimum atomic E-state index is -3.79. The molecule has 2 aromatic carbocycles. The van der Waals surface area contributed by atoms with Crippen molar-refractivity contribution < 1.29 is 18.0 Å². The van der Waals surface area contributed by atoms with Gasteiger partial charge in [0.25, 0.3) is 5.91 Å². The summed E-state index contributed by atoms with van der Waals surface area (Å²) < 4.78 is 25.2. The highest BCUT2D eigenvalue weighted by atomic mass is 35.5. The number of rotatable bonds is 7. The van der Waals surface area contributed by atoms with E-state index in [1.165, 1.54) is 25.1 Å². The Bertz CT molecular complexity index is 1080. The number of hydrogen-bond acceptors (Lipinski definition) is 5. The van der Waals surface area contributed by atoms with Crippen LogP contribution in [0.3, 0.4) is 0 Å². The zero-order chi connectivity index (χ0) is 22.5. The number of carbonyl (C=O) groups is 2. The zero-order valence-corrected chi connectivity index (χ0v) is 18.8. The molecule has 2 aromatic rings. The molecule has 30 heavy (non-hydrogen) atoms. The summed E-state index contributed by atoms with van der Waals surface area (Å²) in [5.74, 6) is -0.870. The number of carbonyl (C=O) groups excluding carboxylic acids is 2. The molecule has 0 atom stereocenters. The lowest BCUT2D eigenvalue weighted by Crippen LogP contribution is -2.39. The first-order valence-corrected chi connectivity index (χ1v) is 11.2. The molecule has 0 aliphatic carbocycles. The smallest absolute Gasteiger partial charge is 0.260 e. The summed E-state index contributed by atoms with van der Waals surface area (Å²) >= 11 is 11.9. The molecular weight excluding hydrogens is 451 g/mol. The van der Waals surface area contributed by atoms with Crippen LogP contribution in [0.2, 0.25) is 10.0 Å². The first kappa shape index (κ1) is 23.7. The molecule has 0 bridgehead atoms. The van der Waals surface area contributed by atoms with Gasteiger partial charge in [-0.25, -0.2) is 13.8 Å². The zero-order valence-electron chi connectivity index (χ0n) is 16.4. The van der Waals surface area contributed by atoms with Crippen LogP contribution in [0.15, 0.2) is 47.6 Å². The molecule has 0 unspecified atom stereocenters. The van der Waals surface area contributed by atoms with E-state index in [0.717, 1.165) is 10.6 Å². The molecule has 0 saturated heterocycles. The van der Waals surface area contributed by atoms with Crippen LogP contribution >= 0.6 is 23.2 Å². The Morgan fingerprint density at radius 1 is 1.07 bits per heavy atom. The van der Waals surface area contributed by atoms with E-state index in [4.69, 9.17) is 23.2 Å². The third-order valence-electron chi connectivity index (χ3n) is 3.77. The third kappa shape index (κ3) is 7.01. The number of nitrogens with zero attached hydrogens (tertiary/aromatic N) is 2. The monoisotopic (exact) mass is 470 g/mol. The average molecular weight is 471 g/mol. The van der Waals surface area contributed by atoms with Crippen molar-refractivity contribution in [3.63, 3.8) is 0 Å². The third-order valence-corrected chi connectivity index (χ3v) is 5.35. The Kier molecular flexibility index (Phi) is 7.83. The van der Waals surface area contributed by atoms with Gasteiger partial charge in [-0.2, -0.15) is 5.10 Å². The maximum absolute atomic E-state index is 12.3. The summed E-state index contributed by atoms with van der Waals surface area (Å²) in [6.45, 7) is 2.55. The fourth-order valence-electron chi connectivity index (χ4n) is 2.49. The highest BCUT2D eigenvalue weighted by Gasteiger charge is 2.21. The minimum absolute atomic E-state index is 0.161. The van der Waals surface area contributed by atoms with E-state index in [9.17, 15) is 18.0 Å². The Morgan fingerprint density at radius 2 is 1.70 bits per heavy atom. The molecule has 0 radical (unpaired) electrons. The SMILES string of the molecule is CC(=O)Nc1cccc(/C(C)=N/NC(=O)CN(c2cc(Cl)cc(Cl)c2)S(C)(=O)=O)c1. The molecule has 0 fully saturated rings. The molecule has 0 spiro atoms. The van der Waals surface area contributed by atoms with Gasteiger partial charge in [-0.15, -0.1) is 0 Å². The second-order valence-electron chi connectivity index (χ2n) is 6.39. The predicted octanol–water partition coefficient (Wildman–Crippen LogP) is 3.26. The number of hydrazone groups is 1. The van der Waals surface area contributed by atoms with E-state index < -0.39 is 22.5 Å². The van der Waals surface area contributed by atoms with Crippen molar-refractivity contribution in [2.24, 2.45) is 5.10 Å². The number of nitrogens with one attached hydrogen (secondary N) is 2. The summed E-state index contributed by atoms with van der Waals surface area (Å²) in [5, 5.41) is 7.14. The average Bonchev–Trinajstić information content (AvgIpc) is 2.62. The first-order valence-electron chi connectivity index (χ1n) is 8.60. The number of benzene rings is 2. The van der Waals surface area contributed by atoms with Crippen LogP contribution < -0.4 is 15.0 Å². The molecular formula is C19H20Cl2N4O4S. The molecule has 2 N–H and O–H groups in total. The van der Waals surface area contributed by atoms with Crippen LogP contribution in [0.1, 0.15) is 19.4 Å². The Morgan fingerprint density at radius 3 is 2.27 bits per heavy atom. The largest absolute Gasteiger partial charge is 0.326 e. The second-order valence-corrected chi connectivity index (χ2v) is 9.17. The van der Waals surface area contributed by atoms with Gasteiger partial charge in [0.15, 0.2) is 0 Å². The number of anilines is 2. The van der Waals surface area contributed by atoms with Crippen LogP contribution in [0.25, 0.3) is 0 Å². The number of hydrogen-bond donors (Lipinski definition) is 2. The van der Waals surface area contributed by atoms with Gasteiger partial charge in [0.1, 0.15) is 6.54 Å².